The monoisotopic (exact) mass is 280 g/mol. The molecular formula is C14H9FN6. The van der Waals surface area contributed by atoms with E-state index in [4.69, 9.17) is 10.5 Å². The molecule has 6 nitrogen and oxygen atoms in total. The lowest BCUT2D eigenvalue weighted by molar-refractivity contribution is 0.602. The van der Waals surface area contributed by atoms with Crippen LogP contribution in [0, 0.1) is 35.4 Å². The summed E-state index contributed by atoms with van der Waals surface area (Å²) in [5.74, 6) is -0.0365. The lowest BCUT2D eigenvalue weighted by Gasteiger charge is -2.04. The maximum absolute atomic E-state index is 13.1. The SMILES string of the molecule is Cc1nc(-c2ccc(NN=C(C#N)C#N)cc2)ncc1F. The molecule has 2 rings (SSSR count). The van der Waals surface area contributed by atoms with Gasteiger partial charge in [-0.05, 0) is 31.2 Å². The molecule has 2 aromatic rings. The summed E-state index contributed by atoms with van der Waals surface area (Å²) in [4.78, 5) is 7.97. The van der Waals surface area contributed by atoms with Crippen molar-refractivity contribution < 1.29 is 4.39 Å². The molecule has 7 heteroatoms. The fourth-order valence-corrected chi connectivity index (χ4v) is 1.48. The Morgan fingerprint density at radius 2 is 1.90 bits per heavy atom. The van der Waals surface area contributed by atoms with Crippen molar-refractivity contribution in [3.05, 3.63) is 42.0 Å². The van der Waals surface area contributed by atoms with Crippen LogP contribution in [0.5, 0.6) is 0 Å². The molecule has 1 N–H and O–H groups in total. The van der Waals surface area contributed by atoms with E-state index in [-0.39, 0.29) is 11.4 Å². The highest BCUT2D eigenvalue weighted by atomic mass is 19.1. The first-order valence-corrected chi connectivity index (χ1v) is 5.87. The van der Waals surface area contributed by atoms with Gasteiger partial charge in [-0.2, -0.15) is 15.6 Å². The van der Waals surface area contributed by atoms with Crippen molar-refractivity contribution in [2.45, 2.75) is 6.92 Å². The molecule has 0 aliphatic heterocycles. The Balaban J connectivity index is 2.20. The van der Waals surface area contributed by atoms with Crippen LogP contribution in [0.3, 0.4) is 0 Å². The third kappa shape index (κ3) is 3.37. The molecule has 1 aromatic carbocycles. The van der Waals surface area contributed by atoms with Gasteiger partial charge >= 0.3 is 0 Å². The number of hydrazone groups is 1. The summed E-state index contributed by atoms with van der Waals surface area (Å²) in [5, 5.41) is 20.7. The van der Waals surface area contributed by atoms with Crippen molar-refractivity contribution >= 4 is 11.4 Å². The summed E-state index contributed by atoms with van der Waals surface area (Å²) in [7, 11) is 0. The third-order valence-corrected chi connectivity index (χ3v) is 2.57. The van der Waals surface area contributed by atoms with Gasteiger partial charge in [0, 0.05) is 5.56 Å². The Labute approximate surface area is 120 Å². The number of benzene rings is 1. The molecule has 0 saturated carbocycles. The van der Waals surface area contributed by atoms with Crippen LogP contribution in [0.25, 0.3) is 11.4 Å². The number of hydrogen-bond donors (Lipinski definition) is 1. The molecule has 0 saturated heterocycles. The molecule has 0 aliphatic carbocycles. The first-order valence-electron chi connectivity index (χ1n) is 5.87. The smallest absolute Gasteiger partial charge is 0.237 e. The second-order valence-corrected chi connectivity index (χ2v) is 4.00. The van der Waals surface area contributed by atoms with Crippen LogP contribution in [0.15, 0.2) is 35.6 Å². The van der Waals surface area contributed by atoms with E-state index in [0.717, 1.165) is 6.20 Å². The molecule has 0 aliphatic rings. The summed E-state index contributed by atoms with van der Waals surface area (Å²) in [6.45, 7) is 1.57. The zero-order valence-corrected chi connectivity index (χ0v) is 11.0. The molecular weight excluding hydrogens is 271 g/mol. The van der Waals surface area contributed by atoms with Crippen LogP contribution < -0.4 is 5.43 Å². The molecule has 0 amide bonds. The average molecular weight is 280 g/mol. The van der Waals surface area contributed by atoms with Gasteiger partial charge in [-0.25, -0.2) is 14.4 Å². The topological polar surface area (TPSA) is 97.8 Å². The van der Waals surface area contributed by atoms with Gasteiger partial charge in [0.25, 0.3) is 0 Å². The molecule has 0 radical (unpaired) electrons. The fraction of sp³-hybridized carbons (Fsp3) is 0.0714. The van der Waals surface area contributed by atoms with Gasteiger partial charge < -0.3 is 0 Å². The maximum Gasteiger partial charge on any atom is 0.237 e. The maximum atomic E-state index is 13.1. The van der Waals surface area contributed by atoms with Gasteiger partial charge in [0.2, 0.25) is 5.71 Å². The second-order valence-electron chi connectivity index (χ2n) is 4.00. The molecule has 0 fully saturated rings. The number of nitriles is 2. The highest BCUT2D eigenvalue weighted by molar-refractivity contribution is 6.10. The van der Waals surface area contributed by atoms with Crippen LogP contribution in [0.4, 0.5) is 10.1 Å². The quantitative estimate of drug-likeness (QED) is 0.687. The zero-order valence-electron chi connectivity index (χ0n) is 11.0. The van der Waals surface area contributed by atoms with Gasteiger partial charge in [0.1, 0.15) is 12.1 Å². The zero-order chi connectivity index (χ0) is 15.2. The molecule has 21 heavy (non-hydrogen) atoms. The van der Waals surface area contributed by atoms with Crippen molar-refractivity contribution in [1.29, 1.82) is 10.5 Å². The van der Waals surface area contributed by atoms with Crippen LogP contribution >= 0.6 is 0 Å². The number of anilines is 1. The summed E-state index contributed by atoms with van der Waals surface area (Å²) in [5.41, 5.74) is 3.91. The second kappa shape index (κ2) is 6.22. The van der Waals surface area contributed by atoms with Crippen LogP contribution in [-0.4, -0.2) is 15.7 Å². The van der Waals surface area contributed by atoms with Crippen molar-refractivity contribution in [3.63, 3.8) is 0 Å². The first-order chi connectivity index (χ1) is 10.1. The minimum absolute atomic E-state index is 0.267. The normalized spacial score (nSPS) is 9.33. The Morgan fingerprint density at radius 1 is 1.24 bits per heavy atom. The van der Waals surface area contributed by atoms with Gasteiger partial charge in [0.15, 0.2) is 11.6 Å². The lowest BCUT2D eigenvalue weighted by Crippen LogP contribution is -1.97. The Hall–Kier alpha value is -3.32. The van der Waals surface area contributed by atoms with Gasteiger partial charge in [0.05, 0.1) is 17.6 Å². The summed E-state index contributed by atoms with van der Waals surface area (Å²) in [6.07, 6.45) is 1.13. The predicted octanol–water partition coefficient (Wildman–Crippen LogP) is 2.41. The van der Waals surface area contributed by atoms with Crippen molar-refractivity contribution in [2.24, 2.45) is 5.10 Å². The Kier molecular flexibility index (Phi) is 4.17. The summed E-state index contributed by atoms with van der Waals surface area (Å²) >= 11 is 0. The Morgan fingerprint density at radius 3 is 2.48 bits per heavy atom. The number of hydrogen-bond acceptors (Lipinski definition) is 6. The van der Waals surface area contributed by atoms with Gasteiger partial charge in [-0.1, -0.05) is 0 Å². The van der Waals surface area contributed by atoms with Crippen molar-refractivity contribution in [2.75, 3.05) is 5.43 Å². The molecule has 0 spiro atoms. The number of rotatable bonds is 3. The van der Waals surface area contributed by atoms with Crippen LogP contribution in [0.1, 0.15) is 5.69 Å². The van der Waals surface area contributed by atoms with E-state index >= 15 is 0 Å². The van der Waals surface area contributed by atoms with Crippen molar-refractivity contribution in [3.8, 4) is 23.5 Å². The molecule has 0 atom stereocenters. The van der Waals surface area contributed by atoms with Gasteiger partial charge in [-0.3, -0.25) is 5.43 Å². The van der Waals surface area contributed by atoms with E-state index < -0.39 is 5.82 Å². The number of nitrogens with zero attached hydrogens (tertiary/aromatic N) is 5. The fourth-order valence-electron chi connectivity index (χ4n) is 1.48. The molecule has 0 bridgehead atoms. The van der Waals surface area contributed by atoms with E-state index in [1.54, 1.807) is 43.3 Å². The average Bonchev–Trinajstić information content (AvgIpc) is 2.52. The van der Waals surface area contributed by atoms with E-state index in [9.17, 15) is 4.39 Å². The molecule has 0 unspecified atom stereocenters. The largest absolute Gasteiger partial charge is 0.277 e. The van der Waals surface area contributed by atoms with Gasteiger partial charge in [-0.15, -0.1) is 0 Å². The molecule has 1 heterocycles. The van der Waals surface area contributed by atoms with Crippen molar-refractivity contribution in [1.82, 2.24) is 9.97 Å². The third-order valence-electron chi connectivity index (χ3n) is 2.57. The highest BCUT2D eigenvalue weighted by Gasteiger charge is 2.05. The summed E-state index contributed by atoms with van der Waals surface area (Å²) in [6, 6.07) is 10.1. The summed E-state index contributed by atoms with van der Waals surface area (Å²) < 4.78 is 13.1. The number of aromatic nitrogens is 2. The van der Waals surface area contributed by atoms with E-state index in [1.807, 2.05) is 0 Å². The minimum Gasteiger partial charge on any atom is -0.277 e. The van der Waals surface area contributed by atoms with Crippen LogP contribution in [-0.2, 0) is 0 Å². The van der Waals surface area contributed by atoms with E-state index in [1.165, 1.54) is 0 Å². The number of aryl methyl sites for hydroxylation is 1. The Bertz CT molecular complexity index is 752. The highest BCUT2D eigenvalue weighted by Crippen LogP contribution is 2.18. The number of nitrogens with one attached hydrogen (secondary N) is 1. The van der Waals surface area contributed by atoms with E-state index in [0.29, 0.717) is 17.1 Å². The minimum atomic E-state index is -0.452. The van der Waals surface area contributed by atoms with E-state index in [2.05, 4.69) is 20.5 Å². The predicted molar refractivity (Wildman–Crippen MR) is 74.4 cm³/mol. The standard InChI is InChI=1S/C14H9FN6/c1-9-13(15)8-18-14(19-9)10-2-4-11(5-3-10)20-21-12(6-16)7-17/h2-5,8,20H,1H3. The van der Waals surface area contributed by atoms with Crippen LogP contribution in [0.2, 0.25) is 0 Å². The number of halogens is 1. The lowest BCUT2D eigenvalue weighted by atomic mass is 10.2. The first kappa shape index (κ1) is 14.1. The molecule has 1 aromatic heterocycles. The molecule has 102 valence electrons.